The maximum absolute atomic E-state index is 4.62. The van der Waals surface area contributed by atoms with E-state index in [1.807, 2.05) is 12.3 Å². The van der Waals surface area contributed by atoms with Gasteiger partial charge in [0.2, 0.25) is 0 Å². The first-order valence-corrected chi connectivity index (χ1v) is 11.4. The van der Waals surface area contributed by atoms with Crippen molar-refractivity contribution in [1.29, 1.82) is 0 Å². The fraction of sp³-hybridized carbons (Fsp3) is 0.138. The third-order valence-electron chi connectivity index (χ3n) is 6.02. The highest BCUT2D eigenvalue weighted by molar-refractivity contribution is 5.69. The zero-order chi connectivity index (χ0) is 22.6. The summed E-state index contributed by atoms with van der Waals surface area (Å²) < 4.78 is 2.15. The lowest BCUT2D eigenvalue weighted by atomic mass is 10.1. The Morgan fingerprint density at radius 1 is 0.576 bits per heavy atom. The summed E-state index contributed by atoms with van der Waals surface area (Å²) in [6, 6.07) is 29.7. The molecule has 0 saturated carbocycles. The smallest absolute Gasteiger partial charge is 0.168 e. The summed E-state index contributed by atoms with van der Waals surface area (Å²) in [5.74, 6) is 1.67. The summed E-state index contributed by atoms with van der Waals surface area (Å²) in [4.78, 5) is 4.24. The van der Waals surface area contributed by atoms with Gasteiger partial charge in [-0.2, -0.15) is 0 Å². The van der Waals surface area contributed by atoms with Crippen LogP contribution in [0.4, 0.5) is 0 Å². The van der Waals surface area contributed by atoms with Gasteiger partial charge in [-0.15, -0.1) is 10.2 Å². The molecular weight excluding hydrogens is 404 g/mol. The number of aryl methyl sites for hydroxylation is 2. The van der Waals surface area contributed by atoms with Gasteiger partial charge in [-0.05, 0) is 53.3 Å². The molecule has 0 saturated heterocycles. The minimum atomic E-state index is 0.835. The number of hydrogen-bond donors (Lipinski definition) is 0. The minimum Gasteiger partial charge on any atom is -0.275 e. The Bertz CT molecular complexity index is 1270. The average molecular weight is 431 g/mol. The SMILES string of the molecule is CCc1ccc(-c2nnc(-c3ccc(CC)cc3)n2-c2ccc(-c3cccnc3)cc2)cc1. The Labute approximate surface area is 194 Å². The Morgan fingerprint density at radius 3 is 1.55 bits per heavy atom. The van der Waals surface area contributed by atoms with Crippen LogP contribution in [-0.4, -0.2) is 19.7 Å². The van der Waals surface area contributed by atoms with Crippen LogP contribution >= 0.6 is 0 Å². The molecule has 162 valence electrons. The summed E-state index contributed by atoms with van der Waals surface area (Å²) in [7, 11) is 0. The van der Waals surface area contributed by atoms with Crippen LogP contribution in [0.25, 0.3) is 39.6 Å². The first-order valence-electron chi connectivity index (χ1n) is 11.4. The monoisotopic (exact) mass is 430 g/mol. The molecule has 0 amide bonds. The van der Waals surface area contributed by atoms with Crippen molar-refractivity contribution in [1.82, 2.24) is 19.7 Å². The maximum atomic E-state index is 4.62. The van der Waals surface area contributed by atoms with Gasteiger partial charge in [-0.1, -0.05) is 80.6 Å². The van der Waals surface area contributed by atoms with Crippen LogP contribution in [0.5, 0.6) is 0 Å². The van der Waals surface area contributed by atoms with Crippen molar-refractivity contribution in [2.24, 2.45) is 0 Å². The van der Waals surface area contributed by atoms with Gasteiger partial charge in [0.15, 0.2) is 11.6 Å². The Hall–Kier alpha value is -4.05. The van der Waals surface area contributed by atoms with E-state index in [0.29, 0.717) is 0 Å². The molecule has 0 aliphatic carbocycles. The van der Waals surface area contributed by atoms with Gasteiger partial charge in [0.25, 0.3) is 0 Å². The Morgan fingerprint density at radius 2 is 1.09 bits per heavy atom. The van der Waals surface area contributed by atoms with Crippen molar-refractivity contribution in [2.45, 2.75) is 26.7 Å². The summed E-state index contributed by atoms with van der Waals surface area (Å²) in [6.45, 7) is 4.33. The fourth-order valence-electron chi connectivity index (χ4n) is 4.02. The average Bonchev–Trinajstić information content (AvgIpc) is 3.34. The molecule has 0 N–H and O–H groups in total. The van der Waals surface area contributed by atoms with Crippen LogP contribution in [0.3, 0.4) is 0 Å². The highest BCUT2D eigenvalue weighted by Gasteiger charge is 2.17. The fourth-order valence-corrected chi connectivity index (χ4v) is 4.02. The second-order valence-electron chi connectivity index (χ2n) is 8.07. The van der Waals surface area contributed by atoms with E-state index in [1.165, 1.54) is 11.1 Å². The first kappa shape index (κ1) is 20.8. The second-order valence-corrected chi connectivity index (χ2v) is 8.07. The summed E-state index contributed by atoms with van der Waals surface area (Å²) in [5.41, 5.74) is 7.96. The summed E-state index contributed by atoms with van der Waals surface area (Å²) >= 11 is 0. The van der Waals surface area contributed by atoms with E-state index in [4.69, 9.17) is 0 Å². The van der Waals surface area contributed by atoms with Gasteiger partial charge in [0.05, 0.1) is 0 Å². The van der Waals surface area contributed by atoms with Crippen molar-refractivity contribution >= 4 is 0 Å². The van der Waals surface area contributed by atoms with Gasteiger partial charge >= 0.3 is 0 Å². The van der Waals surface area contributed by atoms with Crippen LogP contribution in [-0.2, 0) is 12.8 Å². The predicted octanol–water partition coefficient (Wildman–Crippen LogP) is 6.79. The molecule has 2 aromatic heterocycles. The zero-order valence-corrected chi connectivity index (χ0v) is 18.9. The lowest BCUT2D eigenvalue weighted by molar-refractivity contribution is 1.07. The molecule has 4 nitrogen and oxygen atoms in total. The van der Waals surface area contributed by atoms with Gasteiger partial charge in [0, 0.05) is 29.2 Å². The van der Waals surface area contributed by atoms with E-state index in [2.05, 4.69) is 112 Å². The molecule has 33 heavy (non-hydrogen) atoms. The molecule has 0 unspecified atom stereocenters. The quantitative estimate of drug-likeness (QED) is 0.298. The summed E-state index contributed by atoms with van der Waals surface area (Å²) in [5, 5.41) is 9.24. The van der Waals surface area contributed by atoms with E-state index >= 15 is 0 Å². The zero-order valence-electron chi connectivity index (χ0n) is 18.9. The van der Waals surface area contributed by atoms with E-state index in [0.717, 1.165) is 52.4 Å². The lowest BCUT2D eigenvalue weighted by Gasteiger charge is -2.12. The van der Waals surface area contributed by atoms with Crippen molar-refractivity contribution in [2.75, 3.05) is 0 Å². The highest BCUT2D eigenvalue weighted by Crippen LogP contribution is 2.30. The lowest BCUT2D eigenvalue weighted by Crippen LogP contribution is -2.00. The van der Waals surface area contributed by atoms with Crippen molar-refractivity contribution in [3.8, 4) is 39.6 Å². The molecule has 0 aliphatic heterocycles. The number of hydrogen-bond acceptors (Lipinski definition) is 3. The standard InChI is InChI=1S/C29H26N4/c1-3-21-7-11-24(12-8-21)28-31-32-29(25-13-9-22(4-2)10-14-25)33(28)27-17-15-23(16-18-27)26-6-5-19-30-20-26/h5-20H,3-4H2,1-2H3. The van der Waals surface area contributed by atoms with Gasteiger partial charge in [0.1, 0.15) is 0 Å². The van der Waals surface area contributed by atoms with E-state index in [9.17, 15) is 0 Å². The van der Waals surface area contributed by atoms with Crippen molar-refractivity contribution in [3.63, 3.8) is 0 Å². The van der Waals surface area contributed by atoms with Gasteiger partial charge in [-0.25, -0.2) is 0 Å². The first-order chi connectivity index (χ1) is 16.3. The molecule has 0 aliphatic rings. The van der Waals surface area contributed by atoms with Crippen LogP contribution in [0, 0.1) is 0 Å². The minimum absolute atomic E-state index is 0.835. The molecule has 5 aromatic rings. The number of pyridine rings is 1. The second kappa shape index (κ2) is 9.21. The molecule has 2 heterocycles. The number of rotatable bonds is 6. The van der Waals surface area contributed by atoms with E-state index < -0.39 is 0 Å². The molecule has 4 heteroatoms. The molecule has 5 rings (SSSR count). The molecular formula is C29H26N4. The molecule has 0 bridgehead atoms. The summed E-state index contributed by atoms with van der Waals surface area (Å²) in [6.07, 6.45) is 5.70. The van der Waals surface area contributed by atoms with Crippen LogP contribution in [0.2, 0.25) is 0 Å². The van der Waals surface area contributed by atoms with Crippen LogP contribution in [0.1, 0.15) is 25.0 Å². The normalized spacial score (nSPS) is 11.0. The third-order valence-corrected chi connectivity index (χ3v) is 6.02. The molecule has 0 radical (unpaired) electrons. The van der Waals surface area contributed by atoms with Crippen molar-refractivity contribution in [3.05, 3.63) is 108 Å². The number of benzene rings is 3. The number of aromatic nitrogens is 4. The van der Waals surface area contributed by atoms with Crippen molar-refractivity contribution < 1.29 is 0 Å². The topological polar surface area (TPSA) is 43.6 Å². The third kappa shape index (κ3) is 4.20. The highest BCUT2D eigenvalue weighted by atomic mass is 15.3. The Kier molecular flexibility index (Phi) is 5.81. The molecule has 3 aromatic carbocycles. The van der Waals surface area contributed by atoms with E-state index in [-0.39, 0.29) is 0 Å². The Balaban J connectivity index is 1.63. The van der Waals surface area contributed by atoms with Gasteiger partial charge in [-0.3, -0.25) is 9.55 Å². The van der Waals surface area contributed by atoms with Crippen LogP contribution in [0.15, 0.2) is 97.3 Å². The molecule has 0 atom stereocenters. The van der Waals surface area contributed by atoms with Gasteiger partial charge < -0.3 is 0 Å². The molecule has 0 fully saturated rings. The number of nitrogens with zero attached hydrogens (tertiary/aromatic N) is 4. The van der Waals surface area contributed by atoms with E-state index in [1.54, 1.807) is 6.20 Å². The maximum Gasteiger partial charge on any atom is 0.168 e. The molecule has 0 spiro atoms. The predicted molar refractivity (Wildman–Crippen MR) is 134 cm³/mol. The van der Waals surface area contributed by atoms with Crippen LogP contribution < -0.4 is 0 Å². The largest absolute Gasteiger partial charge is 0.275 e.